The van der Waals surface area contributed by atoms with E-state index in [9.17, 15) is 4.79 Å². The fourth-order valence-electron chi connectivity index (χ4n) is 3.09. The molecule has 114 valence electrons. The van der Waals surface area contributed by atoms with Crippen molar-refractivity contribution in [2.45, 2.75) is 6.54 Å². The summed E-state index contributed by atoms with van der Waals surface area (Å²) in [5.41, 5.74) is 4.97. The average molecular weight is 303 g/mol. The predicted octanol–water partition coefficient (Wildman–Crippen LogP) is 3.40. The number of pyridine rings is 1. The summed E-state index contributed by atoms with van der Waals surface area (Å²) in [5, 5.41) is 5.18. The molecular weight excluding hydrogens is 286 g/mol. The van der Waals surface area contributed by atoms with E-state index in [1.165, 1.54) is 11.1 Å². The zero-order valence-corrected chi connectivity index (χ0v) is 12.8. The first-order chi connectivity index (χ1) is 11.3. The molecule has 0 aliphatic heterocycles. The number of benzene rings is 2. The van der Waals surface area contributed by atoms with Gasteiger partial charge in [0.25, 0.3) is 5.56 Å². The first kappa shape index (κ1) is 13.8. The van der Waals surface area contributed by atoms with Crippen molar-refractivity contribution < 1.29 is 0 Å². The molecule has 23 heavy (non-hydrogen) atoms. The molecule has 0 saturated heterocycles. The summed E-state index contributed by atoms with van der Waals surface area (Å²) in [5.74, 6) is 0. The average Bonchev–Trinajstić information content (AvgIpc) is 3.06. The Hall–Kier alpha value is -2.85. The lowest BCUT2D eigenvalue weighted by Crippen LogP contribution is -2.06. The van der Waals surface area contributed by atoms with Crippen LogP contribution in [0.5, 0.6) is 0 Å². The summed E-state index contributed by atoms with van der Waals surface area (Å²) >= 11 is 0. The van der Waals surface area contributed by atoms with E-state index in [-0.39, 0.29) is 5.56 Å². The molecule has 4 aromatic rings. The summed E-state index contributed by atoms with van der Waals surface area (Å²) in [7, 11) is 1.95. The van der Waals surface area contributed by atoms with Crippen LogP contribution < -0.4 is 10.9 Å². The van der Waals surface area contributed by atoms with Gasteiger partial charge in [0.15, 0.2) is 0 Å². The molecule has 0 bridgehead atoms. The maximum Gasteiger partial charge on any atom is 0.272 e. The molecule has 0 aliphatic carbocycles. The van der Waals surface area contributed by atoms with Gasteiger partial charge in [-0.05, 0) is 48.0 Å². The molecule has 0 amide bonds. The fraction of sp³-hybridized carbons (Fsp3) is 0.105. The predicted molar refractivity (Wildman–Crippen MR) is 94.6 cm³/mol. The van der Waals surface area contributed by atoms with E-state index in [1.807, 2.05) is 19.2 Å². The van der Waals surface area contributed by atoms with Gasteiger partial charge >= 0.3 is 0 Å². The Balaban J connectivity index is 1.93. The molecule has 0 spiro atoms. The second-order valence-corrected chi connectivity index (χ2v) is 5.71. The fourth-order valence-corrected chi connectivity index (χ4v) is 3.09. The summed E-state index contributed by atoms with van der Waals surface area (Å²) in [4.78, 5) is 18.0. The van der Waals surface area contributed by atoms with E-state index in [2.05, 4.69) is 51.7 Å². The SMILES string of the molecule is CNCc1cccc(-c2ccc3[nH]c(=O)c4[nH]ccc4c3c2)c1. The van der Waals surface area contributed by atoms with E-state index in [0.29, 0.717) is 5.52 Å². The molecule has 0 fully saturated rings. The van der Waals surface area contributed by atoms with Crippen molar-refractivity contribution in [2.75, 3.05) is 7.05 Å². The van der Waals surface area contributed by atoms with E-state index in [1.54, 1.807) is 6.20 Å². The number of hydrogen-bond donors (Lipinski definition) is 3. The highest BCUT2D eigenvalue weighted by atomic mass is 16.1. The summed E-state index contributed by atoms with van der Waals surface area (Å²) in [6.07, 6.45) is 1.81. The Bertz CT molecular complexity index is 1060. The number of H-pyrrole nitrogens is 2. The van der Waals surface area contributed by atoms with Gasteiger partial charge in [0.1, 0.15) is 5.52 Å². The van der Waals surface area contributed by atoms with Gasteiger partial charge in [-0.1, -0.05) is 24.3 Å². The number of aromatic amines is 2. The standard InChI is InChI=1S/C19H17N3O/c1-20-11-12-3-2-4-13(9-12)14-5-6-17-16(10-14)15-7-8-21-18(15)19(23)22-17/h2-10,20-21H,11H2,1H3,(H,22,23). The molecule has 2 heterocycles. The minimum atomic E-state index is -0.0822. The van der Waals surface area contributed by atoms with Crippen LogP contribution in [-0.4, -0.2) is 17.0 Å². The van der Waals surface area contributed by atoms with Crippen molar-refractivity contribution in [1.82, 2.24) is 15.3 Å². The molecule has 3 N–H and O–H groups in total. The van der Waals surface area contributed by atoms with Crippen LogP contribution in [0.15, 0.2) is 59.5 Å². The minimum Gasteiger partial charge on any atom is -0.357 e. The minimum absolute atomic E-state index is 0.0822. The zero-order valence-electron chi connectivity index (χ0n) is 12.8. The molecule has 0 unspecified atom stereocenters. The van der Waals surface area contributed by atoms with Crippen LogP contribution in [0, 0.1) is 0 Å². The smallest absolute Gasteiger partial charge is 0.272 e. The molecule has 0 atom stereocenters. The third-order valence-electron chi connectivity index (χ3n) is 4.17. The van der Waals surface area contributed by atoms with Gasteiger partial charge < -0.3 is 15.3 Å². The first-order valence-corrected chi connectivity index (χ1v) is 7.63. The van der Waals surface area contributed by atoms with Crippen LogP contribution in [0.4, 0.5) is 0 Å². The second kappa shape index (κ2) is 5.41. The highest BCUT2D eigenvalue weighted by Gasteiger charge is 2.08. The number of fused-ring (bicyclic) bond motifs is 3. The van der Waals surface area contributed by atoms with Crippen LogP contribution >= 0.6 is 0 Å². The van der Waals surface area contributed by atoms with Crippen LogP contribution in [0.2, 0.25) is 0 Å². The Morgan fingerprint density at radius 2 is 1.87 bits per heavy atom. The highest BCUT2D eigenvalue weighted by molar-refractivity contribution is 6.05. The lowest BCUT2D eigenvalue weighted by atomic mass is 10.00. The van der Waals surface area contributed by atoms with Crippen molar-refractivity contribution in [3.05, 3.63) is 70.6 Å². The molecular formula is C19H17N3O. The maximum absolute atomic E-state index is 12.0. The van der Waals surface area contributed by atoms with Gasteiger partial charge in [0.05, 0.1) is 0 Å². The lowest BCUT2D eigenvalue weighted by molar-refractivity contribution is 0.818. The van der Waals surface area contributed by atoms with Crippen LogP contribution in [0.3, 0.4) is 0 Å². The van der Waals surface area contributed by atoms with Gasteiger partial charge in [-0.3, -0.25) is 4.79 Å². The van der Waals surface area contributed by atoms with E-state index >= 15 is 0 Å². The van der Waals surface area contributed by atoms with Gasteiger partial charge in [-0.25, -0.2) is 0 Å². The third-order valence-corrected chi connectivity index (χ3v) is 4.17. The second-order valence-electron chi connectivity index (χ2n) is 5.71. The van der Waals surface area contributed by atoms with E-state index < -0.39 is 0 Å². The van der Waals surface area contributed by atoms with E-state index in [0.717, 1.165) is 28.4 Å². The molecule has 2 aromatic heterocycles. The molecule has 2 aromatic carbocycles. The number of nitrogens with one attached hydrogen (secondary N) is 3. The van der Waals surface area contributed by atoms with Gasteiger partial charge in [0.2, 0.25) is 0 Å². The largest absolute Gasteiger partial charge is 0.357 e. The van der Waals surface area contributed by atoms with Crippen LogP contribution in [0.25, 0.3) is 32.9 Å². The monoisotopic (exact) mass is 303 g/mol. The van der Waals surface area contributed by atoms with Crippen molar-refractivity contribution in [3.8, 4) is 11.1 Å². The number of aromatic nitrogens is 2. The van der Waals surface area contributed by atoms with Gasteiger partial charge in [0, 0.05) is 29.0 Å². The number of hydrogen-bond acceptors (Lipinski definition) is 2. The summed E-state index contributed by atoms with van der Waals surface area (Å²) in [6, 6.07) is 16.6. The summed E-state index contributed by atoms with van der Waals surface area (Å²) in [6.45, 7) is 0.844. The Kier molecular flexibility index (Phi) is 3.24. The Morgan fingerprint density at radius 1 is 1.00 bits per heavy atom. The Morgan fingerprint density at radius 3 is 2.74 bits per heavy atom. The van der Waals surface area contributed by atoms with Crippen molar-refractivity contribution in [1.29, 1.82) is 0 Å². The summed E-state index contributed by atoms with van der Waals surface area (Å²) < 4.78 is 0. The van der Waals surface area contributed by atoms with Crippen LogP contribution in [-0.2, 0) is 6.54 Å². The topological polar surface area (TPSA) is 60.7 Å². The van der Waals surface area contributed by atoms with Crippen molar-refractivity contribution >= 4 is 21.8 Å². The highest BCUT2D eigenvalue weighted by Crippen LogP contribution is 2.27. The van der Waals surface area contributed by atoms with Crippen molar-refractivity contribution in [3.63, 3.8) is 0 Å². The lowest BCUT2D eigenvalue weighted by Gasteiger charge is -2.07. The van der Waals surface area contributed by atoms with Crippen LogP contribution in [0.1, 0.15) is 5.56 Å². The van der Waals surface area contributed by atoms with Gasteiger partial charge in [-0.2, -0.15) is 0 Å². The molecule has 0 radical (unpaired) electrons. The zero-order chi connectivity index (χ0) is 15.8. The first-order valence-electron chi connectivity index (χ1n) is 7.63. The molecule has 4 nitrogen and oxygen atoms in total. The molecule has 0 aliphatic rings. The quantitative estimate of drug-likeness (QED) is 0.543. The normalized spacial score (nSPS) is 11.3. The molecule has 4 rings (SSSR count). The van der Waals surface area contributed by atoms with E-state index in [4.69, 9.17) is 0 Å². The molecule has 0 saturated carbocycles. The third kappa shape index (κ3) is 2.33. The maximum atomic E-state index is 12.0. The van der Waals surface area contributed by atoms with Gasteiger partial charge in [-0.15, -0.1) is 0 Å². The number of rotatable bonds is 3. The van der Waals surface area contributed by atoms with Crippen molar-refractivity contribution in [2.24, 2.45) is 0 Å². The molecule has 4 heteroatoms. The Labute approximate surface area is 133 Å².